The minimum absolute atomic E-state index is 0.115. The van der Waals surface area contributed by atoms with Crippen molar-refractivity contribution in [2.24, 2.45) is 11.7 Å². The second kappa shape index (κ2) is 6.46. The zero-order valence-corrected chi connectivity index (χ0v) is 13.9. The fourth-order valence-electron chi connectivity index (χ4n) is 2.95. The van der Waals surface area contributed by atoms with Gasteiger partial charge in [0.15, 0.2) is 5.03 Å². The van der Waals surface area contributed by atoms with Gasteiger partial charge in [0.1, 0.15) is 5.82 Å². The Bertz CT molecular complexity index is 582. The third-order valence-electron chi connectivity index (χ3n) is 4.19. The maximum Gasteiger partial charge on any atom is 0.262 e. The largest absolute Gasteiger partial charge is 0.334 e. The van der Waals surface area contributed by atoms with E-state index >= 15 is 0 Å². The number of aromatic nitrogens is 2. The van der Waals surface area contributed by atoms with Crippen molar-refractivity contribution in [2.45, 2.75) is 57.6 Å². The van der Waals surface area contributed by atoms with Crippen LogP contribution in [0.15, 0.2) is 11.2 Å². The molecule has 0 saturated carbocycles. The van der Waals surface area contributed by atoms with Crippen LogP contribution in [0.2, 0.25) is 0 Å². The third kappa shape index (κ3) is 3.30. The molecule has 2 heterocycles. The van der Waals surface area contributed by atoms with Crippen molar-refractivity contribution in [3.8, 4) is 0 Å². The molecule has 21 heavy (non-hydrogen) atoms. The van der Waals surface area contributed by atoms with E-state index in [0.717, 1.165) is 31.6 Å². The van der Waals surface area contributed by atoms with Crippen LogP contribution in [0.25, 0.3) is 0 Å². The molecule has 2 atom stereocenters. The van der Waals surface area contributed by atoms with Crippen LogP contribution in [0.5, 0.6) is 0 Å². The second-order valence-electron chi connectivity index (χ2n) is 5.95. The molecule has 0 aromatic carbocycles. The molecule has 1 fully saturated rings. The van der Waals surface area contributed by atoms with Gasteiger partial charge in [0.25, 0.3) is 10.0 Å². The molecule has 0 amide bonds. The van der Waals surface area contributed by atoms with Crippen molar-refractivity contribution in [3.63, 3.8) is 0 Å². The van der Waals surface area contributed by atoms with E-state index in [1.807, 2.05) is 11.5 Å². The first-order valence-corrected chi connectivity index (χ1v) is 9.09. The highest BCUT2D eigenvalue weighted by molar-refractivity contribution is 7.89. The van der Waals surface area contributed by atoms with E-state index in [1.54, 1.807) is 10.5 Å². The first-order valence-electron chi connectivity index (χ1n) is 7.65. The van der Waals surface area contributed by atoms with Crippen LogP contribution in [-0.2, 0) is 16.6 Å². The highest BCUT2D eigenvalue weighted by Gasteiger charge is 2.36. The first kappa shape index (κ1) is 16.5. The van der Waals surface area contributed by atoms with Gasteiger partial charge >= 0.3 is 0 Å². The highest BCUT2D eigenvalue weighted by atomic mass is 32.2. The monoisotopic (exact) mass is 314 g/mol. The fraction of sp³-hybridized carbons (Fsp3) is 0.786. The first-order chi connectivity index (χ1) is 9.90. The third-order valence-corrected chi connectivity index (χ3v) is 6.01. The van der Waals surface area contributed by atoms with Gasteiger partial charge in [0, 0.05) is 31.9 Å². The predicted octanol–water partition coefficient (Wildman–Crippen LogP) is 1.35. The quantitative estimate of drug-likeness (QED) is 0.889. The summed E-state index contributed by atoms with van der Waals surface area (Å²) in [6, 6.07) is -0.115. The Kier molecular flexibility index (Phi) is 5.06. The lowest BCUT2D eigenvalue weighted by molar-refractivity contribution is 0.210. The minimum atomic E-state index is -3.55. The normalized spacial score (nSPS) is 24.4. The van der Waals surface area contributed by atoms with Crippen molar-refractivity contribution < 1.29 is 8.42 Å². The summed E-state index contributed by atoms with van der Waals surface area (Å²) in [5.41, 5.74) is 5.78. The van der Waals surface area contributed by atoms with E-state index < -0.39 is 10.0 Å². The van der Waals surface area contributed by atoms with Crippen molar-refractivity contribution in [3.05, 3.63) is 12.0 Å². The zero-order chi connectivity index (χ0) is 15.6. The Morgan fingerprint density at radius 3 is 2.81 bits per heavy atom. The van der Waals surface area contributed by atoms with Crippen LogP contribution in [0.3, 0.4) is 0 Å². The van der Waals surface area contributed by atoms with Gasteiger partial charge in [0.05, 0.1) is 0 Å². The second-order valence-corrected chi connectivity index (χ2v) is 7.79. The van der Waals surface area contributed by atoms with Crippen molar-refractivity contribution >= 4 is 10.0 Å². The number of piperidine rings is 1. The van der Waals surface area contributed by atoms with Gasteiger partial charge in [-0.3, -0.25) is 0 Å². The molecule has 2 unspecified atom stereocenters. The van der Waals surface area contributed by atoms with E-state index in [0.29, 0.717) is 19.0 Å². The van der Waals surface area contributed by atoms with Gasteiger partial charge in [-0.1, -0.05) is 13.8 Å². The lowest BCUT2D eigenvalue weighted by atomic mass is 9.94. The van der Waals surface area contributed by atoms with Gasteiger partial charge < -0.3 is 10.3 Å². The topological polar surface area (TPSA) is 81.2 Å². The number of imidazole rings is 1. The van der Waals surface area contributed by atoms with Crippen molar-refractivity contribution in [2.75, 3.05) is 13.1 Å². The summed E-state index contributed by atoms with van der Waals surface area (Å²) in [4.78, 5) is 4.26. The van der Waals surface area contributed by atoms with Crippen LogP contribution in [-0.4, -0.2) is 41.4 Å². The smallest absolute Gasteiger partial charge is 0.262 e. The molecule has 120 valence electrons. The summed E-state index contributed by atoms with van der Waals surface area (Å²) in [5, 5.41) is 0.154. The lowest BCUT2D eigenvalue weighted by Gasteiger charge is -2.36. The summed E-state index contributed by atoms with van der Waals surface area (Å²) in [6.45, 7) is 7.72. The number of nitrogens with two attached hydrogens (primary N) is 1. The number of hydrogen-bond donors (Lipinski definition) is 1. The van der Waals surface area contributed by atoms with E-state index in [1.165, 1.54) is 0 Å². The Morgan fingerprint density at radius 1 is 1.48 bits per heavy atom. The molecule has 1 aromatic heterocycles. The molecule has 2 N–H and O–H groups in total. The van der Waals surface area contributed by atoms with Gasteiger partial charge in [-0.2, -0.15) is 4.31 Å². The fourth-order valence-corrected chi connectivity index (χ4v) is 4.61. The maximum atomic E-state index is 12.8. The Balaban J connectivity index is 2.30. The van der Waals surface area contributed by atoms with Crippen molar-refractivity contribution in [1.82, 2.24) is 13.9 Å². The number of nitrogens with zero attached hydrogens (tertiary/aromatic N) is 3. The van der Waals surface area contributed by atoms with E-state index in [2.05, 4.69) is 18.8 Å². The molecule has 1 aliphatic heterocycles. The van der Waals surface area contributed by atoms with Gasteiger partial charge in [-0.05, 0) is 32.1 Å². The molecular formula is C14H26N4O2S. The average molecular weight is 314 g/mol. The number of aryl methyl sites for hydroxylation is 2. The van der Waals surface area contributed by atoms with E-state index in [9.17, 15) is 8.42 Å². The van der Waals surface area contributed by atoms with Crippen LogP contribution >= 0.6 is 0 Å². The van der Waals surface area contributed by atoms with Gasteiger partial charge in [-0.25, -0.2) is 13.4 Å². The van der Waals surface area contributed by atoms with Crippen LogP contribution in [0.1, 0.15) is 38.9 Å². The summed E-state index contributed by atoms with van der Waals surface area (Å²) in [5.74, 6) is 1.26. The van der Waals surface area contributed by atoms with E-state index in [-0.39, 0.29) is 11.1 Å². The van der Waals surface area contributed by atoms with Crippen molar-refractivity contribution in [1.29, 1.82) is 0 Å². The maximum absolute atomic E-state index is 12.8. The molecule has 7 heteroatoms. The number of sulfonamides is 1. The van der Waals surface area contributed by atoms with Gasteiger partial charge in [0.2, 0.25) is 0 Å². The molecule has 1 saturated heterocycles. The summed E-state index contributed by atoms with van der Waals surface area (Å²) in [7, 11) is -3.55. The Labute approximate surface area is 127 Å². The summed E-state index contributed by atoms with van der Waals surface area (Å²) < 4.78 is 29.1. The van der Waals surface area contributed by atoms with Gasteiger partial charge in [-0.15, -0.1) is 0 Å². The summed E-state index contributed by atoms with van der Waals surface area (Å²) >= 11 is 0. The Hall–Kier alpha value is -0.920. The molecule has 0 spiro atoms. The Morgan fingerprint density at radius 2 is 2.19 bits per heavy atom. The van der Waals surface area contributed by atoms with Crippen LogP contribution in [0, 0.1) is 12.8 Å². The summed E-state index contributed by atoms with van der Waals surface area (Å²) in [6.07, 6.45) is 4.30. The molecule has 1 aromatic rings. The molecule has 1 aliphatic rings. The standard InChI is InChI=1S/C14H26N4O2S/c1-4-6-17-10-14(16-12(17)3)21(19,20)18-7-5-11(2)8-13(18)9-15/h10-11,13H,4-9,15H2,1-3H3. The van der Waals surface area contributed by atoms with Crippen LogP contribution in [0.4, 0.5) is 0 Å². The molecule has 2 rings (SSSR count). The molecule has 6 nitrogen and oxygen atoms in total. The van der Waals surface area contributed by atoms with Crippen LogP contribution < -0.4 is 5.73 Å². The number of hydrogen-bond acceptors (Lipinski definition) is 4. The molecule has 0 radical (unpaired) electrons. The molecular weight excluding hydrogens is 288 g/mol. The lowest BCUT2D eigenvalue weighted by Crippen LogP contribution is -2.49. The SMILES string of the molecule is CCCn1cc(S(=O)(=O)N2CCC(C)CC2CN)nc1C. The highest BCUT2D eigenvalue weighted by Crippen LogP contribution is 2.27. The number of rotatable bonds is 5. The molecule has 0 aliphatic carbocycles. The predicted molar refractivity (Wildman–Crippen MR) is 82.4 cm³/mol. The van der Waals surface area contributed by atoms with E-state index in [4.69, 9.17) is 5.73 Å². The average Bonchev–Trinajstić information content (AvgIpc) is 2.81. The zero-order valence-electron chi connectivity index (χ0n) is 13.1. The molecule has 0 bridgehead atoms. The minimum Gasteiger partial charge on any atom is -0.334 e.